The topological polar surface area (TPSA) is 72.2 Å². The summed E-state index contributed by atoms with van der Waals surface area (Å²) in [5.41, 5.74) is 1.80. The molecule has 0 saturated carbocycles. The number of aryl methyl sites for hydroxylation is 2. The number of carbonyl (C=O) groups is 2. The third-order valence-electron chi connectivity index (χ3n) is 2.42. The normalized spacial score (nSPS) is 14.5. The fourth-order valence-corrected chi connectivity index (χ4v) is 1.82. The molecular weight excluding hydrogens is 184 g/mol. The molecule has 0 aliphatic heterocycles. The molecule has 0 amide bonds. The molecule has 1 aromatic rings. The number of carbonyl (C=O) groups excluding carboxylic acids is 1. The van der Waals surface area contributed by atoms with Crippen LogP contribution in [0.2, 0.25) is 0 Å². The quantitative estimate of drug-likeness (QED) is 0.728. The highest BCUT2D eigenvalue weighted by Crippen LogP contribution is 2.24. The van der Waals surface area contributed by atoms with Gasteiger partial charge in [0.2, 0.25) is 0 Å². The van der Waals surface area contributed by atoms with Gasteiger partial charge in [0.1, 0.15) is 0 Å². The first-order valence-corrected chi connectivity index (χ1v) is 4.39. The van der Waals surface area contributed by atoms with E-state index in [0.717, 1.165) is 5.69 Å². The molecule has 5 nitrogen and oxygen atoms in total. The number of nitrogens with zero attached hydrogens (tertiary/aromatic N) is 2. The maximum Gasteiger partial charge on any atom is 0.309 e. The predicted molar refractivity (Wildman–Crippen MR) is 47.2 cm³/mol. The summed E-state index contributed by atoms with van der Waals surface area (Å²) in [4.78, 5) is 22.0. The lowest BCUT2D eigenvalue weighted by atomic mass is 10.1. The summed E-state index contributed by atoms with van der Waals surface area (Å²) in [5, 5.41) is 12.8. The van der Waals surface area contributed by atoms with Crippen LogP contribution in [0.15, 0.2) is 0 Å². The fourth-order valence-electron chi connectivity index (χ4n) is 1.82. The summed E-state index contributed by atoms with van der Waals surface area (Å²) >= 11 is 0. The van der Waals surface area contributed by atoms with E-state index in [1.807, 2.05) is 0 Å². The van der Waals surface area contributed by atoms with Gasteiger partial charge in [-0.1, -0.05) is 0 Å². The first-order valence-electron chi connectivity index (χ1n) is 4.39. The summed E-state index contributed by atoms with van der Waals surface area (Å²) in [6, 6.07) is 0. The molecule has 0 bridgehead atoms. The maximum absolute atomic E-state index is 11.4. The van der Waals surface area contributed by atoms with Crippen molar-refractivity contribution in [3.05, 3.63) is 17.0 Å². The van der Waals surface area contributed by atoms with E-state index in [9.17, 15) is 9.59 Å². The van der Waals surface area contributed by atoms with Gasteiger partial charge in [-0.3, -0.25) is 14.3 Å². The standard InChI is InChI=1S/C9H10N2O3/c1-11-6(4-8(13)14)9-5(10-11)2-3-7(9)12/h2-4H2,1H3,(H,13,14). The van der Waals surface area contributed by atoms with E-state index in [4.69, 9.17) is 5.11 Å². The van der Waals surface area contributed by atoms with E-state index >= 15 is 0 Å². The molecule has 2 rings (SSSR count). The van der Waals surface area contributed by atoms with E-state index in [1.54, 1.807) is 7.05 Å². The van der Waals surface area contributed by atoms with Gasteiger partial charge in [0.15, 0.2) is 5.78 Å². The molecule has 1 N–H and O–H groups in total. The number of carboxylic acids is 1. The Morgan fingerprint density at radius 3 is 2.93 bits per heavy atom. The summed E-state index contributed by atoms with van der Waals surface area (Å²) in [6.45, 7) is 0. The van der Waals surface area contributed by atoms with Crippen molar-refractivity contribution in [2.24, 2.45) is 7.05 Å². The van der Waals surface area contributed by atoms with Crippen LogP contribution < -0.4 is 0 Å². The van der Waals surface area contributed by atoms with Crippen LogP contribution in [0.25, 0.3) is 0 Å². The Balaban J connectivity index is 2.48. The van der Waals surface area contributed by atoms with Crippen molar-refractivity contribution in [3.8, 4) is 0 Å². The van der Waals surface area contributed by atoms with E-state index in [0.29, 0.717) is 24.1 Å². The first-order chi connectivity index (χ1) is 6.59. The van der Waals surface area contributed by atoms with E-state index in [-0.39, 0.29) is 12.2 Å². The molecule has 0 fully saturated rings. The summed E-state index contributed by atoms with van der Waals surface area (Å²) in [6.07, 6.45) is 0.970. The zero-order valence-corrected chi connectivity index (χ0v) is 7.78. The summed E-state index contributed by atoms with van der Waals surface area (Å²) in [7, 11) is 1.67. The first kappa shape index (κ1) is 8.93. The van der Waals surface area contributed by atoms with Crippen LogP contribution in [-0.4, -0.2) is 26.6 Å². The zero-order valence-electron chi connectivity index (χ0n) is 7.78. The minimum absolute atomic E-state index is 0.0179. The second kappa shape index (κ2) is 2.94. The molecule has 1 heterocycles. The van der Waals surface area contributed by atoms with Gasteiger partial charge in [0.25, 0.3) is 0 Å². The lowest BCUT2D eigenvalue weighted by Crippen LogP contribution is -2.10. The average Bonchev–Trinajstić information content (AvgIpc) is 2.56. The van der Waals surface area contributed by atoms with Gasteiger partial charge in [0, 0.05) is 13.5 Å². The van der Waals surface area contributed by atoms with Crippen LogP contribution in [0, 0.1) is 0 Å². The number of Topliss-reactive ketones (excluding diaryl/α,β-unsaturated/α-hetero) is 1. The summed E-state index contributed by atoms with van der Waals surface area (Å²) in [5.74, 6) is -0.917. The smallest absolute Gasteiger partial charge is 0.309 e. The average molecular weight is 194 g/mol. The number of fused-ring (bicyclic) bond motifs is 1. The predicted octanol–water partition coefficient (Wildman–Crippen LogP) is 0.176. The minimum Gasteiger partial charge on any atom is -0.481 e. The molecule has 1 aliphatic rings. The van der Waals surface area contributed by atoms with Crippen LogP contribution in [-0.2, 0) is 24.7 Å². The van der Waals surface area contributed by atoms with Gasteiger partial charge >= 0.3 is 5.97 Å². The number of hydrogen-bond donors (Lipinski definition) is 1. The Morgan fingerprint density at radius 2 is 2.29 bits per heavy atom. The van der Waals surface area contributed by atoms with Crippen molar-refractivity contribution in [3.63, 3.8) is 0 Å². The molecule has 5 heteroatoms. The van der Waals surface area contributed by atoms with Gasteiger partial charge in [0.05, 0.1) is 23.4 Å². The highest BCUT2D eigenvalue weighted by molar-refractivity contribution is 6.01. The third kappa shape index (κ3) is 1.21. The second-order valence-corrected chi connectivity index (χ2v) is 3.39. The Bertz CT molecular complexity index is 420. The third-order valence-corrected chi connectivity index (χ3v) is 2.42. The van der Waals surface area contributed by atoms with E-state index < -0.39 is 5.97 Å². The molecule has 0 atom stereocenters. The zero-order chi connectivity index (χ0) is 10.3. The molecule has 0 saturated heterocycles. The highest BCUT2D eigenvalue weighted by Gasteiger charge is 2.28. The fraction of sp³-hybridized carbons (Fsp3) is 0.444. The lowest BCUT2D eigenvalue weighted by Gasteiger charge is -1.99. The van der Waals surface area contributed by atoms with Gasteiger partial charge < -0.3 is 5.11 Å². The van der Waals surface area contributed by atoms with Crippen molar-refractivity contribution >= 4 is 11.8 Å². The molecule has 1 aliphatic carbocycles. The molecule has 0 spiro atoms. The number of carboxylic acid groups (broad SMARTS) is 1. The number of aromatic nitrogens is 2. The van der Waals surface area contributed by atoms with Crippen LogP contribution in [0.5, 0.6) is 0 Å². The number of aliphatic carboxylic acids is 1. The molecule has 0 aromatic carbocycles. The monoisotopic (exact) mass is 194 g/mol. The Labute approximate surface area is 80.3 Å². The largest absolute Gasteiger partial charge is 0.481 e. The number of rotatable bonds is 2. The van der Waals surface area contributed by atoms with Crippen molar-refractivity contribution < 1.29 is 14.7 Å². The van der Waals surface area contributed by atoms with Crippen LogP contribution in [0.3, 0.4) is 0 Å². The van der Waals surface area contributed by atoms with Gasteiger partial charge in [-0.25, -0.2) is 0 Å². The Hall–Kier alpha value is -1.65. The van der Waals surface area contributed by atoms with Gasteiger partial charge in [-0.15, -0.1) is 0 Å². The molecule has 0 radical (unpaired) electrons. The molecule has 14 heavy (non-hydrogen) atoms. The van der Waals surface area contributed by atoms with Crippen LogP contribution in [0.4, 0.5) is 0 Å². The number of hydrogen-bond acceptors (Lipinski definition) is 3. The maximum atomic E-state index is 11.4. The van der Waals surface area contributed by atoms with Crippen LogP contribution >= 0.6 is 0 Å². The second-order valence-electron chi connectivity index (χ2n) is 3.39. The molecule has 74 valence electrons. The van der Waals surface area contributed by atoms with Crippen LogP contribution in [0.1, 0.15) is 28.2 Å². The lowest BCUT2D eigenvalue weighted by molar-refractivity contribution is -0.136. The molecule has 1 aromatic heterocycles. The van der Waals surface area contributed by atoms with Crippen molar-refractivity contribution in [2.45, 2.75) is 19.3 Å². The SMILES string of the molecule is Cn1nc2c(c1CC(=O)O)C(=O)CC2. The van der Waals surface area contributed by atoms with Gasteiger partial charge in [-0.05, 0) is 6.42 Å². The molecular formula is C9H10N2O3. The van der Waals surface area contributed by atoms with Gasteiger partial charge in [-0.2, -0.15) is 5.10 Å². The van der Waals surface area contributed by atoms with E-state index in [2.05, 4.69) is 5.10 Å². The Kier molecular flexibility index (Phi) is 1.87. The minimum atomic E-state index is -0.935. The summed E-state index contributed by atoms with van der Waals surface area (Å²) < 4.78 is 1.50. The van der Waals surface area contributed by atoms with Crippen molar-refractivity contribution in [1.29, 1.82) is 0 Å². The van der Waals surface area contributed by atoms with Crippen molar-refractivity contribution in [1.82, 2.24) is 9.78 Å². The Morgan fingerprint density at radius 1 is 1.57 bits per heavy atom. The van der Waals surface area contributed by atoms with E-state index in [1.165, 1.54) is 4.68 Å². The number of ketones is 1. The molecule has 0 unspecified atom stereocenters. The highest BCUT2D eigenvalue weighted by atomic mass is 16.4. The van der Waals surface area contributed by atoms with Crippen molar-refractivity contribution in [2.75, 3.05) is 0 Å².